The quantitative estimate of drug-likeness (QED) is 0.749. The summed E-state index contributed by atoms with van der Waals surface area (Å²) < 4.78 is 0. The molecular weight excluding hydrogens is 300 g/mol. The standard InChI is InChI=1S/C13H15ClN2O5/c14-8-1-3-9(4-2-8)16(7-12(19)20)13(21)15-5-10(17)11(18)6-15/h1-4,10-11,17-18H,5-7H2,(H,19,20). The zero-order valence-corrected chi connectivity index (χ0v) is 11.8. The Bertz CT molecular complexity index is 526. The number of likely N-dealkylation sites (tertiary alicyclic amines) is 1. The number of hydrogen-bond acceptors (Lipinski definition) is 4. The van der Waals surface area contributed by atoms with Gasteiger partial charge in [-0.25, -0.2) is 4.79 Å². The molecule has 1 aliphatic heterocycles. The lowest BCUT2D eigenvalue weighted by atomic mass is 10.3. The number of nitrogens with zero attached hydrogens (tertiary/aromatic N) is 2. The smallest absolute Gasteiger partial charge is 0.325 e. The van der Waals surface area contributed by atoms with Crippen LogP contribution in [0.1, 0.15) is 0 Å². The van der Waals surface area contributed by atoms with Gasteiger partial charge in [0, 0.05) is 10.7 Å². The second-order valence-corrected chi connectivity index (χ2v) is 5.21. The molecule has 2 unspecified atom stereocenters. The minimum Gasteiger partial charge on any atom is -0.480 e. The fourth-order valence-electron chi connectivity index (χ4n) is 2.12. The van der Waals surface area contributed by atoms with E-state index in [9.17, 15) is 19.8 Å². The fraction of sp³-hybridized carbons (Fsp3) is 0.385. The number of carboxylic acid groups (broad SMARTS) is 1. The van der Waals surface area contributed by atoms with Crippen LogP contribution in [-0.4, -0.2) is 64.1 Å². The normalized spacial score (nSPS) is 21.4. The third-order valence-electron chi connectivity index (χ3n) is 3.19. The van der Waals surface area contributed by atoms with Crippen LogP contribution in [0.15, 0.2) is 24.3 Å². The number of amides is 2. The van der Waals surface area contributed by atoms with E-state index >= 15 is 0 Å². The van der Waals surface area contributed by atoms with Gasteiger partial charge in [0.2, 0.25) is 0 Å². The van der Waals surface area contributed by atoms with Crippen molar-refractivity contribution in [2.45, 2.75) is 12.2 Å². The summed E-state index contributed by atoms with van der Waals surface area (Å²) in [5.41, 5.74) is 0.377. The van der Waals surface area contributed by atoms with Crippen LogP contribution in [0.2, 0.25) is 5.02 Å². The minimum absolute atomic E-state index is 0.0380. The summed E-state index contributed by atoms with van der Waals surface area (Å²) in [5, 5.41) is 28.4. The van der Waals surface area contributed by atoms with Crippen molar-refractivity contribution in [3.63, 3.8) is 0 Å². The first-order chi connectivity index (χ1) is 9.88. The third-order valence-corrected chi connectivity index (χ3v) is 3.44. The molecule has 0 radical (unpaired) electrons. The maximum Gasteiger partial charge on any atom is 0.325 e. The molecule has 1 saturated heterocycles. The average molecular weight is 315 g/mol. The van der Waals surface area contributed by atoms with E-state index in [0.717, 1.165) is 4.90 Å². The van der Waals surface area contributed by atoms with Crippen molar-refractivity contribution >= 4 is 29.3 Å². The first kappa shape index (κ1) is 15.6. The summed E-state index contributed by atoms with van der Waals surface area (Å²) in [7, 11) is 0. The largest absolute Gasteiger partial charge is 0.480 e. The Balaban J connectivity index is 2.21. The predicted octanol–water partition coefficient (Wildman–Crippen LogP) is 0.388. The summed E-state index contributed by atoms with van der Waals surface area (Å²) in [5.74, 6) is -1.17. The molecule has 0 spiro atoms. The first-order valence-corrected chi connectivity index (χ1v) is 6.66. The molecule has 2 amide bonds. The molecule has 1 fully saturated rings. The Labute approximate surface area is 126 Å². The van der Waals surface area contributed by atoms with Gasteiger partial charge in [0.15, 0.2) is 0 Å². The third kappa shape index (κ3) is 3.63. The molecule has 8 heteroatoms. The van der Waals surface area contributed by atoms with E-state index in [1.165, 1.54) is 17.0 Å². The molecule has 7 nitrogen and oxygen atoms in total. The van der Waals surface area contributed by atoms with Crippen molar-refractivity contribution in [1.29, 1.82) is 0 Å². The van der Waals surface area contributed by atoms with Gasteiger partial charge < -0.3 is 20.2 Å². The van der Waals surface area contributed by atoms with Crippen LogP contribution in [0.3, 0.4) is 0 Å². The van der Waals surface area contributed by atoms with Gasteiger partial charge in [-0.1, -0.05) is 11.6 Å². The number of rotatable bonds is 3. The SMILES string of the molecule is O=C(O)CN(C(=O)N1CC(O)C(O)C1)c1ccc(Cl)cc1. The summed E-state index contributed by atoms with van der Waals surface area (Å²) in [6.07, 6.45) is -2.04. The highest BCUT2D eigenvalue weighted by Crippen LogP contribution is 2.21. The van der Waals surface area contributed by atoms with Crippen LogP contribution in [0, 0.1) is 0 Å². The Kier molecular flexibility index (Phi) is 4.66. The summed E-state index contributed by atoms with van der Waals surface area (Å²) in [4.78, 5) is 25.6. The number of carbonyl (C=O) groups is 2. The van der Waals surface area contributed by atoms with Crippen LogP contribution in [0.5, 0.6) is 0 Å². The molecule has 1 aromatic rings. The van der Waals surface area contributed by atoms with Gasteiger partial charge in [-0.15, -0.1) is 0 Å². The molecule has 0 saturated carbocycles. The van der Waals surface area contributed by atoms with Crippen molar-refractivity contribution in [1.82, 2.24) is 4.90 Å². The van der Waals surface area contributed by atoms with E-state index in [1.807, 2.05) is 0 Å². The molecule has 0 bridgehead atoms. The lowest BCUT2D eigenvalue weighted by molar-refractivity contribution is -0.135. The summed E-state index contributed by atoms with van der Waals surface area (Å²) >= 11 is 5.77. The van der Waals surface area contributed by atoms with Crippen molar-refractivity contribution < 1.29 is 24.9 Å². The van der Waals surface area contributed by atoms with E-state index in [1.54, 1.807) is 12.1 Å². The van der Waals surface area contributed by atoms with Crippen LogP contribution >= 0.6 is 11.6 Å². The summed E-state index contributed by atoms with van der Waals surface area (Å²) in [6, 6.07) is 5.58. The highest BCUT2D eigenvalue weighted by molar-refractivity contribution is 6.30. The number of carbonyl (C=O) groups excluding carboxylic acids is 1. The molecule has 2 rings (SSSR count). The molecule has 0 aliphatic carbocycles. The van der Waals surface area contributed by atoms with Crippen molar-refractivity contribution in [3.05, 3.63) is 29.3 Å². The van der Waals surface area contributed by atoms with Crippen LogP contribution in [0.25, 0.3) is 0 Å². The maximum atomic E-state index is 12.4. The molecule has 1 aliphatic rings. The summed E-state index contributed by atoms with van der Waals surface area (Å²) in [6.45, 7) is -0.601. The van der Waals surface area contributed by atoms with E-state index < -0.39 is 30.8 Å². The van der Waals surface area contributed by atoms with Gasteiger partial charge in [0.25, 0.3) is 0 Å². The Morgan fingerprint density at radius 2 is 1.71 bits per heavy atom. The van der Waals surface area contributed by atoms with Crippen molar-refractivity contribution in [2.24, 2.45) is 0 Å². The van der Waals surface area contributed by atoms with Gasteiger partial charge in [-0.3, -0.25) is 9.69 Å². The Morgan fingerprint density at radius 1 is 1.19 bits per heavy atom. The molecule has 1 aromatic carbocycles. The van der Waals surface area contributed by atoms with Gasteiger partial charge in [0.05, 0.1) is 25.3 Å². The molecule has 2 atom stereocenters. The Hall–Kier alpha value is -1.83. The highest BCUT2D eigenvalue weighted by Gasteiger charge is 2.35. The van der Waals surface area contributed by atoms with Crippen LogP contribution in [0.4, 0.5) is 10.5 Å². The number of anilines is 1. The van der Waals surface area contributed by atoms with Crippen molar-refractivity contribution in [3.8, 4) is 0 Å². The minimum atomic E-state index is -1.17. The van der Waals surface area contributed by atoms with Crippen LogP contribution in [-0.2, 0) is 4.79 Å². The maximum absolute atomic E-state index is 12.4. The van der Waals surface area contributed by atoms with E-state index in [0.29, 0.717) is 10.7 Å². The number of benzene rings is 1. The number of β-amino-alcohol motifs (C(OH)–C–C–N with tert-alkyl or cyclic N) is 2. The van der Waals surface area contributed by atoms with Crippen LogP contribution < -0.4 is 4.90 Å². The van der Waals surface area contributed by atoms with Gasteiger partial charge >= 0.3 is 12.0 Å². The van der Waals surface area contributed by atoms with E-state index in [-0.39, 0.29) is 13.1 Å². The van der Waals surface area contributed by atoms with E-state index in [4.69, 9.17) is 16.7 Å². The molecule has 3 N–H and O–H groups in total. The lowest BCUT2D eigenvalue weighted by Gasteiger charge is -2.26. The van der Waals surface area contributed by atoms with Gasteiger partial charge in [0.1, 0.15) is 6.54 Å². The zero-order valence-electron chi connectivity index (χ0n) is 11.0. The van der Waals surface area contributed by atoms with Gasteiger partial charge in [-0.2, -0.15) is 0 Å². The van der Waals surface area contributed by atoms with Crippen molar-refractivity contribution in [2.75, 3.05) is 24.5 Å². The number of halogens is 1. The predicted molar refractivity (Wildman–Crippen MR) is 75.4 cm³/mol. The molecular formula is C13H15ClN2O5. The molecule has 21 heavy (non-hydrogen) atoms. The molecule has 1 heterocycles. The molecule has 0 aromatic heterocycles. The zero-order chi connectivity index (χ0) is 15.6. The topological polar surface area (TPSA) is 101 Å². The number of carboxylic acids is 1. The highest BCUT2D eigenvalue weighted by atomic mass is 35.5. The number of aliphatic hydroxyl groups is 2. The number of aliphatic hydroxyl groups excluding tert-OH is 2. The average Bonchev–Trinajstić information content (AvgIpc) is 2.76. The second kappa shape index (κ2) is 6.30. The lowest BCUT2D eigenvalue weighted by Crippen LogP contribution is -2.45. The molecule has 114 valence electrons. The monoisotopic (exact) mass is 314 g/mol. The Morgan fingerprint density at radius 3 is 2.19 bits per heavy atom. The van der Waals surface area contributed by atoms with E-state index in [2.05, 4.69) is 0 Å². The first-order valence-electron chi connectivity index (χ1n) is 6.28. The fourth-order valence-corrected chi connectivity index (χ4v) is 2.25. The second-order valence-electron chi connectivity index (χ2n) is 4.78. The number of aliphatic carboxylic acids is 1. The number of hydrogen-bond donors (Lipinski definition) is 3. The number of urea groups is 1. The van der Waals surface area contributed by atoms with Gasteiger partial charge in [-0.05, 0) is 24.3 Å².